The highest BCUT2D eigenvalue weighted by atomic mass is 32.1. The molecule has 6 nitrogen and oxygen atoms in total. The monoisotopic (exact) mass is 380 g/mol. The largest absolute Gasteiger partial charge is 0.346 e. The van der Waals surface area contributed by atoms with Crippen LogP contribution in [0, 0.1) is 5.82 Å². The Morgan fingerprint density at radius 2 is 1.96 bits per heavy atom. The third-order valence-corrected chi connectivity index (χ3v) is 4.79. The van der Waals surface area contributed by atoms with Crippen LogP contribution < -0.4 is 5.32 Å². The molecule has 0 unspecified atom stereocenters. The molecule has 1 N–H and O–H groups in total. The van der Waals surface area contributed by atoms with Gasteiger partial charge in [0.15, 0.2) is 0 Å². The van der Waals surface area contributed by atoms with Gasteiger partial charge in [-0.1, -0.05) is 11.2 Å². The first-order valence-electron chi connectivity index (χ1n) is 8.07. The van der Waals surface area contributed by atoms with Gasteiger partial charge in [-0.2, -0.15) is 4.98 Å². The van der Waals surface area contributed by atoms with Gasteiger partial charge in [0, 0.05) is 16.6 Å². The van der Waals surface area contributed by atoms with Crippen molar-refractivity contribution in [1.29, 1.82) is 0 Å². The molecular formula is C19H13FN4O2S. The van der Waals surface area contributed by atoms with E-state index in [0.29, 0.717) is 29.5 Å². The number of nitrogens with zero attached hydrogens (tertiary/aromatic N) is 3. The maximum absolute atomic E-state index is 13.0. The summed E-state index contributed by atoms with van der Waals surface area (Å²) >= 11 is 1.44. The van der Waals surface area contributed by atoms with Gasteiger partial charge in [-0.05, 0) is 48.5 Å². The van der Waals surface area contributed by atoms with Crippen LogP contribution in [0.25, 0.3) is 22.2 Å². The summed E-state index contributed by atoms with van der Waals surface area (Å²) in [5.74, 6) is 0.213. The molecule has 4 aromatic rings. The number of hydrogen-bond donors (Lipinski definition) is 1. The first-order chi connectivity index (χ1) is 13.2. The zero-order chi connectivity index (χ0) is 18.6. The van der Waals surface area contributed by atoms with Crippen LogP contribution in [0.5, 0.6) is 0 Å². The normalized spacial score (nSPS) is 10.7. The molecule has 134 valence electrons. The van der Waals surface area contributed by atoms with E-state index >= 15 is 0 Å². The van der Waals surface area contributed by atoms with E-state index in [4.69, 9.17) is 4.52 Å². The lowest BCUT2D eigenvalue weighted by Crippen LogP contribution is -2.23. The molecule has 4 rings (SSSR count). The van der Waals surface area contributed by atoms with E-state index < -0.39 is 0 Å². The second kappa shape index (κ2) is 7.46. The summed E-state index contributed by atoms with van der Waals surface area (Å²) in [6.45, 7) is 0.374. The van der Waals surface area contributed by atoms with Gasteiger partial charge in [0.05, 0.1) is 11.4 Å². The number of nitrogens with one attached hydrogen (secondary N) is 1. The fourth-order valence-electron chi connectivity index (χ4n) is 2.38. The molecule has 27 heavy (non-hydrogen) atoms. The van der Waals surface area contributed by atoms with Gasteiger partial charge in [-0.25, -0.2) is 4.39 Å². The lowest BCUT2D eigenvalue weighted by molar-refractivity contribution is 0.0946. The van der Waals surface area contributed by atoms with Gasteiger partial charge < -0.3 is 9.84 Å². The van der Waals surface area contributed by atoms with E-state index in [1.807, 2.05) is 12.1 Å². The summed E-state index contributed by atoms with van der Waals surface area (Å²) in [4.78, 5) is 22.1. The Morgan fingerprint density at radius 3 is 2.74 bits per heavy atom. The summed E-state index contributed by atoms with van der Waals surface area (Å²) in [7, 11) is 0. The van der Waals surface area contributed by atoms with Crippen molar-refractivity contribution in [2.75, 3.05) is 0 Å². The minimum Gasteiger partial charge on any atom is -0.346 e. The molecule has 3 aromatic heterocycles. The maximum atomic E-state index is 13.0. The summed E-state index contributed by atoms with van der Waals surface area (Å²) in [5.41, 5.74) is 1.04. The molecular weight excluding hydrogens is 367 g/mol. The Bertz CT molecular complexity index is 1060. The molecule has 0 atom stereocenters. The first-order valence-corrected chi connectivity index (χ1v) is 8.89. The number of carbonyl (C=O) groups excluding carboxylic acids is 1. The van der Waals surface area contributed by atoms with Crippen molar-refractivity contribution in [2.24, 2.45) is 0 Å². The zero-order valence-corrected chi connectivity index (χ0v) is 14.7. The van der Waals surface area contributed by atoms with Crippen LogP contribution in [0.3, 0.4) is 0 Å². The number of pyridine rings is 1. The fourth-order valence-corrected chi connectivity index (χ4v) is 3.25. The highest BCUT2D eigenvalue weighted by Gasteiger charge is 2.13. The molecule has 1 aromatic carbocycles. The van der Waals surface area contributed by atoms with Crippen molar-refractivity contribution in [2.45, 2.75) is 6.54 Å². The zero-order valence-electron chi connectivity index (χ0n) is 13.9. The van der Waals surface area contributed by atoms with Crippen molar-refractivity contribution < 1.29 is 13.7 Å². The van der Waals surface area contributed by atoms with E-state index in [9.17, 15) is 9.18 Å². The molecule has 0 aliphatic heterocycles. The molecule has 0 fully saturated rings. The lowest BCUT2D eigenvalue weighted by Gasteiger charge is -2.02. The molecule has 0 saturated heterocycles. The first kappa shape index (κ1) is 17.0. The maximum Gasteiger partial charge on any atom is 0.270 e. The summed E-state index contributed by atoms with van der Waals surface area (Å²) < 4.78 is 18.3. The second-order valence-corrected chi connectivity index (χ2v) is 6.76. The van der Waals surface area contributed by atoms with Gasteiger partial charge in [-0.15, -0.1) is 11.3 Å². The molecule has 0 aliphatic rings. The molecule has 0 saturated carbocycles. The second-order valence-electron chi connectivity index (χ2n) is 5.59. The number of benzene rings is 1. The minimum absolute atomic E-state index is 0.234. The quantitative estimate of drug-likeness (QED) is 0.567. The lowest BCUT2D eigenvalue weighted by atomic mass is 10.2. The van der Waals surface area contributed by atoms with E-state index in [-0.39, 0.29) is 11.7 Å². The smallest absolute Gasteiger partial charge is 0.270 e. The van der Waals surface area contributed by atoms with E-state index in [1.54, 1.807) is 36.5 Å². The third-order valence-electron chi connectivity index (χ3n) is 3.72. The highest BCUT2D eigenvalue weighted by molar-refractivity contribution is 7.15. The molecule has 0 bridgehead atoms. The molecule has 0 radical (unpaired) electrons. The summed E-state index contributed by atoms with van der Waals surface area (Å²) in [6, 6.07) is 14.8. The van der Waals surface area contributed by atoms with Crippen LogP contribution in [-0.4, -0.2) is 21.0 Å². The molecule has 8 heteroatoms. The number of hydrogen-bond acceptors (Lipinski definition) is 6. The average molecular weight is 380 g/mol. The predicted octanol–water partition coefficient (Wildman–Crippen LogP) is 3.93. The standard InChI is InChI=1S/C19H13FN4O2S/c20-13-6-4-12(5-7-13)17-23-19(26-24-17)16-9-8-14(27-16)11-22-18(25)15-3-1-2-10-21-15/h1-10H,11H2,(H,22,25). The van der Waals surface area contributed by atoms with Gasteiger partial charge in [0.25, 0.3) is 11.8 Å². The molecule has 0 spiro atoms. The van der Waals surface area contributed by atoms with E-state index in [0.717, 1.165) is 9.75 Å². The number of rotatable bonds is 5. The van der Waals surface area contributed by atoms with Gasteiger partial charge >= 0.3 is 0 Å². The fraction of sp³-hybridized carbons (Fsp3) is 0.0526. The van der Waals surface area contributed by atoms with Crippen LogP contribution in [-0.2, 0) is 6.54 Å². The van der Waals surface area contributed by atoms with Crippen LogP contribution in [0.2, 0.25) is 0 Å². The number of amides is 1. The Morgan fingerprint density at radius 1 is 1.11 bits per heavy atom. The van der Waals surface area contributed by atoms with Crippen LogP contribution in [0.15, 0.2) is 65.3 Å². The van der Waals surface area contributed by atoms with Gasteiger partial charge in [-0.3, -0.25) is 9.78 Å². The predicted molar refractivity (Wildman–Crippen MR) is 98.4 cm³/mol. The van der Waals surface area contributed by atoms with Gasteiger partial charge in [0.1, 0.15) is 11.5 Å². The molecule has 3 heterocycles. The SMILES string of the molecule is O=C(NCc1ccc(-c2nc(-c3ccc(F)cc3)no2)s1)c1ccccn1. The van der Waals surface area contributed by atoms with Crippen LogP contribution >= 0.6 is 11.3 Å². The Kier molecular flexibility index (Phi) is 4.71. The molecule has 1 amide bonds. The van der Waals surface area contributed by atoms with Crippen molar-refractivity contribution in [3.05, 3.63) is 77.2 Å². The van der Waals surface area contributed by atoms with E-state index in [1.165, 1.54) is 23.5 Å². The topological polar surface area (TPSA) is 80.9 Å². The summed E-state index contributed by atoms with van der Waals surface area (Å²) in [5, 5.41) is 6.76. The average Bonchev–Trinajstić information content (AvgIpc) is 3.37. The highest BCUT2D eigenvalue weighted by Crippen LogP contribution is 2.28. The number of carbonyl (C=O) groups is 1. The van der Waals surface area contributed by atoms with Crippen LogP contribution in [0.4, 0.5) is 4.39 Å². The Labute approximate surface area is 157 Å². The third kappa shape index (κ3) is 3.90. The number of thiophene rings is 1. The molecule has 0 aliphatic carbocycles. The van der Waals surface area contributed by atoms with E-state index in [2.05, 4.69) is 20.4 Å². The van der Waals surface area contributed by atoms with Crippen molar-refractivity contribution in [3.8, 4) is 22.2 Å². The Balaban J connectivity index is 1.44. The van der Waals surface area contributed by atoms with Crippen LogP contribution in [0.1, 0.15) is 15.4 Å². The number of aromatic nitrogens is 3. The minimum atomic E-state index is -0.321. The Hall–Kier alpha value is -3.39. The van der Waals surface area contributed by atoms with Crippen molar-refractivity contribution in [3.63, 3.8) is 0 Å². The summed E-state index contributed by atoms with van der Waals surface area (Å²) in [6.07, 6.45) is 1.58. The van der Waals surface area contributed by atoms with Gasteiger partial charge in [0.2, 0.25) is 5.82 Å². The number of halogens is 1. The van der Waals surface area contributed by atoms with Crippen molar-refractivity contribution >= 4 is 17.2 Å². The van der Waals surface area contributed by atoms with Crippen molar-refractivity contribution in [1.82, 2.24) is 20.4 Å².